The number of imide groups is 1. The topological polar surface area (TPSA) is 183 Å². The molecule has 0 radical (unpaired) electrons. The zero-order valence-corrected chi connectivity index (χ0v) is 23.9. The van der Waals surface area contributed by atoms with E-state index >= 15 is 0 Å². The number of carbonyl (C=O) groups excluding carboxylic acids is 3. The van der Waals surface area contributed by atoms with Gasteiger partial charge >= 0.3 is 11.9 Å². The van der Waals surface area contributed by atoms with Crippen LogP contribution < -0.4 is 5.32 Å². The van der Waals surface area contributed by atoms with Crippen LogP contribution in [0.1, 0.15) is 45.9 Å². The minimum absolute atomic E-state index is 0.0297. The fourth-order valence-electron chi connectivity index (χ4n) is 4.84. The number of nitrogens with one attached hydrogen (secondary N) is 1. The number of hydrogen-bond donors (Lipinski definition) is 3. The average molecular weight is 618 g/mol. The fourth-order valence-corrected chi connectivity index (χ4v) is 7.40. The molecule has 0 spiro atoms. The molecule has 0 bridgehead atoms. The van der Waals surface area contributed by atoms with E-state index < -0.39 is 47.1 Å². The predicted molar refractivity (Wildman–Crippen MR) is 149 cm³/mol. The number of aryl methyl sites for hydroxylation is 1. The van der Waals surface area contributed by atoms with Crippen molar-refractivity contribution in [3.63, 3.8) is 0 Å². The lowest BCUT2D eigenvalue weighted by Gasteiger charge is -2.49. The summed E-state index contributed by atoms with van der Waals surface area (Å²) in [6.45, 7) is 1.65. The van der Waals surface area contributed by atoms with Crippen LogP contribution in [0, 0.1) is 6.92 Å². The molecule has 1 aromatic carbocycles. The zero-order valence-electron chi connectivity index (χ0n) is 21.4. The van der Waals surface area contributed by atoms with Gasteiger partial charge in [0.1, 0.15) is 23.2 Å². The zero-order chi connectivity index (χ0) is 29.4. The van der Waals surface area contributed by atoms with Gasteiger partial charge in [0.2, 0.25) is 5.89 Å². The Morgan fingerprint density at radius 2 is 1.88 bits per heavy atom. The third-order valence-corrected chi connectivity index (χ3v) is 9.31. The van der Waals surface area contributed by atoms with Gasteiger partial charge in [-0.25, -0.2) is 9.59 Å². The van der Waals surface area contributed by atoms with Crippen LogP contribution >= 0.6 is 35.7 Å². The first kappa shape index (κ1) is 28.8. The molecule has 1 fully saturated rings. The van der Waals surface area contributed by atoms with Crippen molar-refractivity contribution in [1.29, 1.82) is 0 Å². The van der Waals surface area contributed by atoms with Gasteiger partial charge in [-0.3, -0.25) is 24.2 Å². The Morgan fingerprint density at radius 1 is 1.20 bits per heavy atom. The third-order valence-electron chi connectivity index (χ3n) is 6.75. The molecule has 1 saturated heterocycles. The highest BCUT2D eigenvalue weighted by Gasteiger charge is 2.53. The summed E-state index contributed by atoms with van der Waals surface area (Å²) >= 11 is 7.99. The number of thioether (sulfide) groups is 2. The quantitative estimate of drug-likeness (QED) is 0.144. The Hall–Kier alpha value is -3.76. The van der Waals surface area contributed by atoms with Gasteiger partial charge in [0.15, 0.2) is 0 Å². The van der Waals surface area contributed by atoms with E-state index in [0.29, 0.717) is 27.4 Å². The fraction of sp³-hybridized carbons (Fsp3) is 0.360. The Labute approximate surface area is 246 Å². The van der Waals surface area contributed by atoms with E-state index in [1.165, 1.54) is 40.6 Å². The normalized spacial score (nSPS) is 20.5. The number of hydrogen-bond acceptors (Lipinski definition) is 11. The van der Waals surface area contributed by atoms with Crippen molar-refractivity contribution in [3.8, 4) is 0 Å². The monoisotopic (exact) mass is 617 g/mol. The molecule has 3 aliphatic heterocycles. The van der Waals surface area contributed by atoms with E-state index in [1.807, 2.05) is 0 Å². The molecule has 41 heavy (non-hydrogen) atoms. The number of fused-ring (bicyclic) bond motifs is 2. The standard InChI is InChI=1S/C25H23N5O8S3/c1-11-27-28-25(38-11)41-10-12-9-40-22-17(21(33)30(22)18(12)24(36)37)26-16(39)8-4-7-15(23(34)35)29-19(31)13-5-2-3-6-14(13)20(29)32/h2-3,5-6,15,17,22H,4,7-10H2,1H3,(H,26,39)(H,34,35)(H,36,37)/t15-,17?,22-/m1/s1. The van der Waals surface area contributed by atoms with Crippen LogP contribution in [0.4, 0.5) is 0 Å². The summed E-state index contributed by atoms with van der Waals surface area (Å²) in [5.74, 6) is -3.23. The van der Waals surface area contributed by atoms with Crippen LogP contribution in [0.5, 0.6) is 0 Å². The Kier molecular flexibility index (Phi) is 8.15. The summed E-state index contributed by atoms with van der Waals surface area (Å²) in [4.78, 5) is 64.8. The minimum atomic E-state index is -1.37. The van der Waals surface area contributed by atoms with Crippen molar-refractivity contribution < 1.29 is 38.6 Å². The highest BCUT2D eigenvalue weighted by molar-refractivity contribution is 8.01. The molecule has 1 aromatic heterocycles. The lowest BCUT2D eigenvalue weighted by atomic mass is 10.0. The average Bonchev–Trinajstić information content (AvgIpc) is 3.47. The van der Waals surface area contributed by atoms with Crippen molar-refractivity contribution in [2.24, 2.45) is 0 Å². The molecular weight excluding hydrogens is 595 g/mol. The van der Waals surface area contributed by atoms with Gasteiger partial charge in [-0.05, 0) is 37.0 Å². The number of aromatic nitrogens is 2. The molecule has 3 atom stereocenters. The third kappa shape index (κ3) is 5.46. The first-order chi connectivity index (χ1) is 19.6. The van der Waals surface area contributed by atoms with Crippen LogP contribution in [0.2, 0.25) is 0 Å². The van der Waals surface area contributed by atoms with E-state index in [-0.39, 0.29) is 41.8 Å². The second-order valence-corrected chi connectivity index (χ2v) is 11.9. The second kappa shape index (κ2) is 11.6. The molecule has 3 amide bonds. The van der Waals surface area contributed by atoms with Crippen molar-refractivity contribution in [1.82, 2.24) is 25.3 Å². The van der Waals surface area contributed by atoms with Gasteiger partial charge < -0.3 is 19.9 Å². The van der Waals surface area contributed by atoms with Crippen molar-refractivity contribution in [2.75, 3.05) is 11.5 Å². The van der Waals surface area contributed by atoms with Gasteiger partial charge in [0, 0.05) is 18.4 Å². The molecule has 214 valence electrons. The Balaban J connectivity index is 1.16. The van der Waals surface area contributed by atoms with Crippen LogP contribution in [-0.2, 0) is 14.4 Å². The maximum absolute atomic E-state index is 13.0. The second-order valence-electron chi connectivity index (χ2n) is 9.36. The molecule has 5 rings (SSSR count). The van der Waals surface area contributed by atoms with Crippen molar-refractivity contribution in [2.45, 2.75) is 48.9 Å². The number of carbonyl (C=O) groups is 5. The molecule has 3 N–H and O–H groups in total. The van der Waals surface area contributed by atoms with E-state index in [9.17, 15) is 34.2 Å². The molecule has 4 heterocycles. The molecule has 0 aliphatic carbocycles. The molecule has 13 nitrogen and oxygen atoms in total. The number of amides is 3. The Bertz CT molecular complexity index is 1470. The largest absolute Gasteiger partial charge is 0.480 e. The number of carboxylic acids is 2. The number of thiocarbonyl (C=S) groups is 1. The maximum atomic E-state index is 13.0. The Morgan fingerprint density at radius 3 is 2.46 bits per heavy atom. The van der Waals surface area contributed by atoms with Crippen LogP contribution in [0.25, 0.3) is 0 Å². The van der Waals surface area contributed by atoms with Gasteiger partial charge in [-0.1, -0.05) is 36.1 Å². The predicted octanol–water partition coefficient (Wildman–Crippen LogP) is 1.93. The molecule has 2 aromatic rings. The summed E-state index contributed by atoms with van der Waals surface area (Å²) in [7, 11) is 0. The van der Waals surface area contributed by atoms with Gasteiger partial charge in [-0.2, -0.15) is 0 Å². The van der Waals surface area contributed by atoms with Crippen LogP contribution in [0.15, 0.2) is 45.2 Å². The maximum Gasteiger partial charge on any atom is 0.352 e. The SMILES string of the molecule is Cc1nnc(SCC2=C(C(=O)O)N3C(=O)C(NC(=S)CCC[C@H](C(=O)O)N4C(=O)c5ccccc5C4=O)[C@H]3SC2)o1. The smallest absolute Gasteiger partial charge is 0.352 e. The summed E-state index contributed by atoms with van der Waals surface area (Å²) < 4.78 is 5.32. The van der Waals surface area contributed by atoms with Crippen LogP contribution in [-0.4, -0.2) is 93.8 Å². The minimum Gasteiger partial charge on any atom is -0.480 e. The summed E-state index contributed by atoms with van der Waals surface area (Å²) in [5, 5.41) is 30.0. The lowest BCUT2D eigenvalue weighted by Crippen LogP contribution is -2.70. The first-order valence-electron chi connectivity index (χ1n) is 12.4. The number of β-lactam (4-membered cyclic amide) rings is 1. The van der Waals surface area contributed by atoms with E-state index in [0.717, 1.165) is 4.90 Å². The van der Waals surface area contributed by atoms with E-state index in [1.54, 1.807) is 19.1 Å². The van der Waals surface area contributed by atoms with Gasteiger partial charge in [-0.15, -0.1) is 22.0 Å². The summed E-state index contributed by atoms with van der Waals surface area (Å²) in [5.41, 5.74) is 0.819. The van der Waals surface area contributed by atoms with Crippen molar-refractivity contribution in [3.05, 3.63) is 52.6 Å². The number of benzene rings is 1. The molecule has 1 unspecified atom stereocenters. The van der Waals surface area contributed by atoms with Gasteiger partial charge in [0.05, 0.1) is 16.1 Å². The number of aliphatic carboxylic acids is 2. The number of nitrogens with zero attached hydrogens (tertiary/aromatic N) is 4. The van der Waals surface area contributed by atoms with Gasteiger partial charge in [0.25, 0.3) is 22.9 Å². The number of rotatable bonds is 11. The highest BCUT2D eigenvalue weighted by Crippen LogP contribution is 2.41. The summed E-state index contributed by atoms with van der Waals surface area (Å²) in [6, 6.07) is 4.07. The first-order valence-corrected chi connectivity index (χ1v) is 14.8. The molecular formula is C25H23N5O8S3. The van der Waals surface area contributed by atoms with Crippen molar-refractivity contribution >= 4 is 70.4 Å². The van der Waals surface area contributed by atoms with E-state index in [4.69, 9.17) is 16.6 Å². The summed E-state index contributed by atoms with van der Waals surface area (Å²) in [6.07, 6.45) is 0.407. The van der Waals surface area contributed by atoms with Crippen LogP contribution in [0.3, 0.4) is 0 Å². The van der Waals surface area contributed by atoms with E-state index in [2.05, 4.69) is 15.5 Å². The highest BCUT2D eigenvalue weighted by atomic mass is 32.2. The number of carboxylic acid groups (broad SMARTS) is 2. The molecule has 3 aliphatic rings. The molecule has 0 saturated carbocycles. The lowest BCUT2D eigenvalue weighted by molar-refractivity contribution is -0.148. The molecule has 16 heteroatoms.